The highest BCUT2D eigenvalue weighted by molar-refractivity contribution is 6.35. The van der Waals surface area contributed by atoms with Gasteiger partial charge in [0.25, 0.3) is 0 Å². The molecule has 0 bridgehead atoms. The van der Waals surface area contributed by atoms with Crippen molar-refractivity contribution >= 4 is 39.6 Å². The van der Waals surface area contributed by atoms with Crippen LogP contribution in [-0.2, 0) is 7.05 Å². The molecule has 1 aromatic carbocycles. The number of aromatic carboxylic acids is 1. The zero-order valence-electron chi connectivity index (χ0n) is 8.90. The quantitative estimate of drug-likeness (QED) is 0.720. The molecule has 2 heterocycles. The van der Waals surface area contributed by atoms with Gasteiger partial charge in [0.05, 0.1) is 5.02 Å². The lowest BCUT2D eigenvalue weighted by Crippen LogP contribution is -2.03. The summed E-state index contributed by atoms with van der Waals surface area (Å²) in [6.07, 6.45) is 0. The number of aryl methyl sites for hydroxylation is 1. The molecule has 0 saturated carbocycles. The van der Waals surface area contributed by atoms with E-state index in [4.69, 9.17) is 21.1 Å². The first-order valence-corrected chi connectivity index (χ1v) is 5.37. The van der Waals surface area contributed by atoms with Crippen molar-refractivity contribution in [3.8, 4) is 0 Å². The number of hydrogen-bond acceptors (Lipinski definition) is 2. The molecule has 0 aliphatic carbocycles. The standard InChI is InChI=1S/C12H8ClNO3/c1-14-9(12(15)16)5-7-6-3-2-4-8(13)10(6)17-11(7)14/h2-5H,1H3,(H,15,16). The second-order valence-electron chi connectivity index (χ2n) is 3.83. The third-order valence-corrected chi connectivity index (χ3v) is 3.15. The fraction of sp³-hybridized carbons (Fsp3) is 0.0833. The second kappa shape index (κ2) is 3.28. The number of hydrogen-bond donors (Lipinski definition) is 1. The number of fused-ring (bicyclic) bond motifs is 3. The monoisotopic (exact) mass is 249 g/mol. The first-order chi connectivity index (χ1) is 8.09. The van der Waals surface area contributed by atoms with Crippen LogP contribution in [0.25, 0.3) is 22.1 Å². The average molecular weight is 250 g/mol. The molecule has 0 aliphatic rings. The van der Waals surface area contributed by atoms with Gasteiger partial charge in [-0.25, -0.2) is 4.79 Å². The van der Waals surface area contributed by atoms with Crippen molar-refractivity contribution in [2.24, 2.45) is 7.05 Å². The molecule has 17 heavy (non-hydrogen) atoms. The summed E-state index contributed by atoms with van der Waals surface area (Å²) in [6.45, 7) is 0. The van der Waals surface area contributed by atoms with Crippen molar-refractivity contribution < 1.29 is 14.3 Å². The molecule has 0 spiro atoms. The van der Waals surface area contributed by atoms with E-state index in [1.807, 2.05) is 12.1 Å². The highest BCUT2D eigenvalue weighted by atomic mass is 35.5. The number of rotatable bonds is 1. The largest absolute Gasteiger partial charge is 0.477 e. The minimum Gasteiger partial charge on any atom is -0.477 e. The van der Waals surface area contributed by atoms with Crippen LogP contribution in [0.5, 0.6) is 0 Å². The highest BCUT2D eigenvalue weighted by Crippen LogP contribution is 2.34. The maximum Gasteiger partial charge on any atom is 0.352 e. The molecule has 2 aromatic heterocycles. The Hall–Kier alpha value is -1.94. The number of benzene rings is 1. The number of carboxylic acid groups (broad SMARTS) is 1. The van der Waals surface area contributed by atoms with E-state index in [0.29, 0.717) is 16.3 Å². The van der Waals surface area contributed by atoms with Gasteiger partial charge in [-0.05, 0) is 12.1 Å². The second-order valence-corrected chi connectivity index (χ2v) is 4.24. The molecule has 0 radical (unpaired) electrons. The molecule has 3 rings (SSSR count). The summed E-state index contributed by atoms with van der Waals surface area (Å²) < 4.78 is 7.12. The van der Waals surface area contributed by atoms with E-state index in [2.05, 4.69) is 0 Å². The first-order valence-electron chi connectivity index (χ1n) is 4.99. The zero-order chi connectivity index (χ0) is 12.2. The van der Waals surface area contributed by atoms with E-state index < -0.39 is 5.97 Å². The SMILES string of the molecule is Cn1c(C(=O)O)cc2c3cccc(Cl)c3oc21. The highest BCUT2D eigenvalue weighted by Gasteiger charge is 2.18. The van der Waals surface area contributed by atoms with Gasteiger partial charge in [-0.15, -0.1) is 0 Å². The maximum atomic E-state index is 11.0. The lowest BCUT2D eigenvalue weighted by atomic mass is 10.2. The van der Waals surface area contributed by atoms with Gasteiger partial charge < -0.3 is 14.1 Å². The summed E-state index contributed by atoms with van der Waals surface area (Å²) in [6, 6.07) is 7.01. The van der Waals surface area contributed by atoms with Crippen LogP contribution in [0, 0.1) is 0 Å². The van der Waals surface area contributed by atoms with Crippen LogP contribution in [0.15, 0.2) is 28.7 Å². The normalized spacial score (nSPS) is 11.4. The Morgan fingerprint density at radius 1 is 1.41 bits per heavy atom. The van der Waals surface area contributed by atoms with Crippen LogP contribution in [-0.4, -0.2) is 15.6 Å². The van der Waals surface area contributed by atoms with Crippen molar-refractivity contribution in [3.63, 3.8) is 0 Å². The van der Waals surface area contributed by atoms with E-state index in [-0.39, 0.29) is 5.69 Å². The van der Waals surface area contributed by atoms with Gasteiger partial charge >= 0.3 is 5.97 Å². The molecule has 3 aromatic rings. The molecular weight excluding hydrogens is 242 g/mol. The predicted molar refractivity (Wildman–Crippen MR) is 64.7 cm³/mol. The van der Waals surface area contributed by atoms with Crippen molar-refractivity contribution in [3.05, 3.63) is 35.0 Å². The predicted octanol–water partition coefficient (Wildman–Crippen LogP) is 3.28. The zero-order valence-corrected chi connectivity index (χ0v) is 9.65. The third kappa shape index (κ3) is 1.27. The number of nitrogens with zero attached hydrogens (tertiary/aromatic N) is 1. The van der Waals surface area contributed by atoms with Crippen LogP contribution in [0.1, 0.15) is 10.5 Å². The van der Waals surface area contributed by atoms with Crippen molar-refractivity contribution in [1.82, 2.24) is 4.57 Å². The lowest BCUT2D eigenvalue weighted by Gasteiger charge is -1.96. The summed E-state index contributed by atoms with van der Waals surface area (Å²) in [4.78, 5) is 11.0. The molecule has 0 atom stereocenters. The average Bonchev–Trinajstić information content (AvgIpc) is 2.78. The number of carboxylic acids is 1. The summed E-state index contributed by atoms with van der Waals surface area (Å²) in [5, 5.41) is 11.1. The molecule has 0 unspecified atom stereocenters. The van der Waals surface area contributed by atoms with Crippen LogP contribution >= 0.6 is 11.6 Å². The Labute approximate surface area is 101 Å². The fourth-order valence-corrected chi connectivity index (χ4v) is 2.24. The maximum absolute atomic E-state index is 11.0. The molecular formula is C12H8ClNO3. The molecule has 0 saturated heterocycles. The van der Waals surface area contributed by atoms with E-state index >= 15 is 0 Å². The summed E-state index contributed by atoms with van der Waals surface area (Å²) in [5.41, 5.74) is 1.30. The van der Waals surface area contributed by atoms with Crippen LogP contribution < -0.4 is 0 Å². The van der Waals surface area contributed by atoms with Gasteiger partial charge in [-0.1, -0.05) is 23.7 Å². The van der Waals surface area contributed by atoms with Gasteiger partial charge in [-0.2, -0.15) is 0 Å². The van der Waals surface area contributed by atoms with Crippen LogP contribution in [0.4, 0.5) is 0 Å². The van der Waals surface area contributed by atoms with E-state index in [9.17, 15) is 4.79 Å². The number of halogens is 1. The smallest absolute Gasteiger partial charge is 0.352 e. The van der Waals surface area contributed by atoms with E-state index in [1.54, 1.807) is 19.2 Å². The van der Waals surface area contributed by atoms with Gasteiger partial charge in [0, 0.05) is 17.8 Å². The number of para-hydroxylation sites is 1. The van der Waals surface area contributed by atoms with Crippen molar-refractivity contribution in [2.45, 2.75) is 0 Å². The van der Waals surface area contributed by atoms with Crippen LogP contribution in [0.2, 0.25) is 5.02 Å². The Balaban J connectivity index is 2.49. The Morgan fingerprint density at radius 2 is 2.18 bits per heavy atom. The molecule has 1 N–H and O–H groups in total. The van der Waals surface area contributed by atoms with Crippen molar-refractivity contribution in [1.29, 1.82) is 0 Å². The number of furan rings is 1. The Bertz CT molecular complexity index is 754. The van der Waals surface area contributed by atoms with Gasteiger partial charge in [-0.3, -0.25) is 0 Å². The van der Waals surface area contributed by atoms with E-state index in [1.165, 1.54) is 4.57 Å². The van der Waals surface area contributed by atoms with Crippen molar-refractivity contribution in [2.75, 3.05) is 0 Å². The summed E-state index contributed by atoms with van der Waals surface area (Å²) in [7, 11) is 1.65. The van der Waals surface area contributed by atoms with Gasteiger partial charge in [0.1, 0.15) is 5.69 Å². The third-order valence-electron chi connectivity index (χ3n) is 2.85. The number of aromatic nitrogens is 1. The molecule has 0 fully saturated rings. The topological polar surface area (TPSA) is 55.4 Å². The minimum atomic E-state index is -0.978. The molecule has 5 heteroatoms. The summed E-state index contributed by atoms with van der Waals surface area (Å²) in [5.74, 6) is -0.978. The number of carbonyl (C=O) groups is 1. The fourth-order valence-electron chi connectivity index (χ4n) is 2.03. The van der Waals surface area contributed by atoms with E-state index in [0.717, 1.165) is 10.8 Å². The van der Waals surface area contributed by atoms with Gasteiger partial charge in [0.2, 0.25) is 5.71 Å². The van der Waals surface area contributed by atoms with Crippen LogP contribution in [0.3, 0.4) is 0 Å². The Morgan fingerprint density at radius 3 is 2.88 bits per heavy atom. The first kappa shape index (κ1) is 10.2. The molecule has 0 amide bonds. The Kier molecular flexibility index (Phi) is 1.97. The summed E-state index contributed by atoms with van der Waals surface area (Å²) >= 11 is 6.02. The minimum absolute atomic E-state index is 0.195. The lowest BCUT2D eigenvalue weighted by molar-refractivity contribution is 0.0686. The molecule has 4 nitrogen and oxygen atoms in total. The van der Waals surface area contributed by atoms with Gasteiger partial charge in [0.15, 0.2) is 5.58 Å². The molecule has 86 valence electrons. The molecule has 0 aliphatic heterocycles.